The Hall–Kier alpha value is -1.95. The van der Waals surface area contributed by atoms with Crippen LogP contribution < -0.4 is 0 Å². The van der Waals surface area contributed by atoms with Gasteiger partial charge in [0, 0.05) is 0 Å². The summed E-state index contributed by atoms with van der Waals surface area (Å²) in [7, 11) is -9.57. The average Bonchev–Trinajstić information content (AvgIpc) is 2.51. The average molecular weight is 452 g/mol. The summed E-state index contributed by atoms with van der Waals surface area (Å²) in [5, 5.41) is 0. The van der Waals surface area contributed by atoms with Crippen LogP contribution in [0.25, 0.3) is 0 Å². The fourth-order valence-corrected chi connectivity index (χ4v) is 4.60. The molecule has 2 aromatic rings. The Labute approximate surface area is 166 Å². The highest BCUT2D eigenvalue weighted by Crippen LogP contribution is 2.41. The molecule has 2 N–H and O–H groups in total. The van der Waals surface area contributed by atoms with Crippen molar-refractivity contribution < 1.29 is 39.1 Å². The van der Waals surface area contributed by atoms with E-state index in [9.17, 15) is 39.1 Å². The SMILES string of the molecule is Cc1ccc(S(=O)(=O)O)c(CCC(c2cc(C)ccc2S(=O)(=O)O)C(F)(F)F)c1. The number of benzene rings is 2. The van der Waals surface area contributed by atoms with E-state index in [-0.39, 0.29) is 5.56 Å². The van der Waals surface area contributed by atoms with Crippen LogP contribution in [-0.2, 0) is 26.7 Å². The molecule has 0 spiro atoms. The van der Waals surface area contributed by atoms with Gasteiger partial charge in [-0.2, -0.15) is 30.0 Å². The van der Waals surface area contributed by atoms with Crippen molar-refractivity contribution in [1.82, 2.24) is 0 Å². The number of hydrogen-bond acceptors (Lipinski definition) is 4. The standard InChI is InChI=1S/C18H19F3O6S2/c1-11-3-7-16(28(22,23)24)13(9-11)5-6-15(18(19,20)21)14-10-12(2)4-8-17(14)29(25,26)27/h3-4,7-10,15H,5-6H2,1-2H3,(H,22,23,24)(H,25,26,27). The summed E-state index contributed by atoms with van der Waals surface area (Å²) in [6.45, 7) is 3.08. The van der Waals surface area contributed by atoms with Gasteiger partial charge in [0.15, 0.2) is 0 Å². The summed E-state index contributed by atoms with van der Waals surface area (Å²) < 4.78 is 106. The first-order valence-corrected chi connectivity index (χ1v) is 11.2. The second-order valence-corrected chi connectivity index (χ2v) is 9.52. The molecule has 29 heavy (non-hydrogen) atoms. The monoisotopic (exact) mass is 452 g/mol. The van der Waals surface area contributed by atoms with Gasteiger partial charge in [0.05, 0.1) is 15.7 Å². The molecule has 0 aromatic heterocycles. The summed E-state index contributed by atoms with van der Waals surface area (Å²) in [5.74, 6) is -2.28. The van der Waals surface area contributed by atoms with Gasteiger partial charge < -0.3 is 0 Å². The minimum atomic E-state index is -4.91. The van der Waals surface area contributed by atoms with Crippen molar-refractivity contribution in [2.24, 2.45) is 0 Å². The number of hydrogen-bond donors (Lipinski definition) is 2. The highest BCUT2D eigenvalue weighted by atomic mass is 32.2. The van der Waals surface area contributed by atoms with Crippen LogP contribution in [-0.4, -0.2) is 32.1 Å². The maximum atomic E-state index is 13.8. The zero-order valence-corrected chi connectivity index (χ0v) is 17.1. The normalized spacial score (nSPS) is 14.0. The van der Waals surface area contributed by atoms with Gasteiger partial charge >= 0.3 is 6.18 Å². The Bertz CT molecular complexity index is 1120. The van der Waals surface area contributed by atoms with Crippen molar-refractivity contribution in [2.45, 2.75) is 48.6 Å². The topological polar surface area (TPSA) is 109 Å². The molecule has 160 valence electrons. The molecule has 0 amide bonds. The zero-order chi connectivity index (χ0) is 22.2. The summed E-state index contributed by atoms with van der Waals surface area (Å²) in [5.41, 5.74) is 0.282. The van der Waals surface area contributed by atoms with Crippen LogP contribution in [0.5, 0.6) is 0 Å². The largest absolute Gasteiger partial charge is 0.395 e. The van der Waals surface area contributed by atoms with Gasteiger partial charge in [-0.15, -0.1) is 0 Å². The highest BCUT2D eigenvalue weighted by Gasteiger charge is 2.42. The zero-order valence-electron chi connectivity index (χ0n) is 15.4. The van der Waals surface area contributed by atoms with E-state index >= 15 is 0 Å². The molecule has 0 aliphatic rings. The van der Waals surface area contributed by atoms with Gasteiger partial charge in [-0.1, -0.05) is 35.4 Å². The van der Waals surface area contributed by atoms with E-state index in [0.717, 1.165) is 18.2 Å². The number of halogens is 3. The first kappa shape index (κ1) is 23.3. The molecule has 2 rings (SSSR count). The lowest BCUT2D eigenvalue weighted by molar-refractivity contribution is -0.152. The lowest BCUT2D eigenvalue weighted by Crippen LogP contribution is -2.24. The van der Waals surface area contributed by atoms with E-state index in [1.165, 1.54) is 25.1 Å². The summed E-state index contributed by atoms with van der Waals surface area (Å²) in [6, 6.07) is 7.02. The molecule has 2 aromatic carbocycles. The molecular weight excluding hydrogens is 433 g/mol. The third kappa shape index (κ3) is 5.78. The molecule has 0 radical (unpaired) electrons. The van der Waals surface area contributed by atoms with Crippen LogP contribution in [0.1, 0.15) is 34.6 Å². The minimum Gasteiger partial charge on any atom is -0.282 e. The fourth-order valence-electron chi connectivity index (χ4n) is 3.13. The quantitative estimate of drug-likeness (QED) is 0.640. The van der Waals surface area contributed by atoms with Crippen LogP contribution in [0.3, 0.4) is 0 Å². The Morgan fingerprint density at radius 3 is 1.83 bits per heavy atom. The van der Waals surface area contributed by atoms with Gasteiger partial charge in [0.2, 0.25) is 0 Å². The van der Waals surface area contributed by atoms with Crippen molar-refractivity contribution in [1.29, 1.82) is 0 Å². The molecule has 0 fully saturated rings. The van der Waals surface area contributed by atoms with Gasteiger partial charge in [0.25, 0.3) is 20.2 Å². The third-order valence-corrected chi connectivity index (χ3v) is 6.29. The van der Waals surface area contributed by atoms with Gasteiger partial charge in [-0.05, 0) is 49.9 Å². The predicted octanol–water partition coefficient (Wildman–Crippen LogP) is 4.08. The summed E-state index contributed by atoms with van der Waals surface area (Å²) in [6.07, 6.45) is -5.96. The van der Waals surface area contributed by atoms with Crippen molar-refractivity contribution >= 4 is 20.2 Å². The molecule has 11 heteroatoms. The fraction of sp³-hybridized carbons (Fsp3) is 0.333. The number of rotatable bonds is 6. The first-order valence-electron chi connectivity index (χ1n) is 8.32. The van der Waals surface area contributed by atoms with Gasteiger partial charge in [0.1, 0.15) is 0 Å². The first-order chi connectivity index (χ1) is 13.1. The van der Waals surface area contributed by atoms with Crippen molar-refractivity contribution in [3.05, 3.63) is 58.7 Å². The molecule has 1 unspecified atom stereocenters. The number of aryl methyl sites for hydroxylation is 3. The molecule has 1 atom stereocenters. The lowest BCUT2D eigenvalue weighted by Gasteiger charge is -2.23. The van der Waals surface area contributed by atoms with Crippen molar-refractivity contribution in [3.8, 4) is 0 Å². The summed E-state index contributed by atoms with van der Waals surface area (Å²) in [4.78, 5) is -1.37. The predicted molar refractivity (Wildman–Crippen MR) is 99.1 cm³/mol. The van der Waals surface area contributed by atoms with Crippen LogP contribution in [0.15, 0.2) is 46.2 Å². The maximum Gasteiger partial charge on any atom is 0.395 e. The van der Waals surface area contributed by atoms with E-state index in [0.29, 0.717) is 11.1 Å². The lowest BCUT2D eigenvalue weighted by atomic mass is 9.90. The van der Waals surface area contributed by atoms with Crippen molar-refractivity contribution in [3.63, 3.8) is 0 Å². The Morgan fingerprint density at radius 1 is 0.862 bits per heavy atom. The van der Waals surface area contributed by atoms with E-state index < -0.39 is 60.5 Å². The summed E-state index contributed by atoms with van der Waals surface area (Å²) >= 11 is 0. The Morgan fingerprint density at radius 2 is 1.34 bits per heavy atom. The van der Waals surface area contributed by atoms with E-state index in [2.05, 4.69) is 0 Å². The van der Waals surface area contributed by atoms with Crippen molar-refractivity contribution in [2.75, 3.05) is 0 Å². The Kier molecular flexibility index (Phi) is 6.48. The van der Waals surface area contributed by atoms with Gasteiger partial charge in [-0.3, -0.25) is 9.11 Å². The smallest absolute Gasteiger partial charge is 0.282 e. The van der Waals surface area contributed by atoms with E-state index in [4.69, 9.17) is 0 Å². The molecule has 0 saturated heterocycles. The van der Waals surface area contributed by atoms with Crippen LogP contribution in [0, 0.1) is 13.8 Å². The molecular formula is C18H19F3O6S2. The molecule has 0 saturated carbocycles. The molecule has 0 heterocycles. The van der Waals surface area contributed by atoms with Crippen LogP contribution in [0.2, 0.25) is 0 Å². The third-order valence-electron chi connectivity index (χ3n) is 4.41. The van der Waals surface area contributed by atoms with E-state index in [1.54, 1.807) is 6.92 Å². The second-order valence-electron chi connectivity index (χ2n) is 6.74. The van der Waals surface area contributed by atoms with Crippen LogP contribution >= 0.6 is 0 Å². The molecule has 0 aliphatic carbocycles. The Balaban J connectivity index is 2.55. The molecule has 6 nitrogen and oxygen atoms in total. The maximum absolute atomic E-state index is 13.8. The van der Waals surface area contributed by atoms with E-state index in [1.807, 2.05) is 0 Å². The minimum absolute atomic E-state index is 0.0252. The van der Waals surface area contributed by atoms with Crippen LogP contribution in [0.4, 0.5) is 13.2 Å². The number of alkyl halides is 3. The molecule has 0 bridgehead atoms. The highest BCUT2D eigenvalue weighted by molar-refractivity contribution is 7.86. The second kappa shape index (κ2) is 8.05. The van der Waals surface area contributed by atoms with Gasteiger partial charge in [-0.25, -0.2) is 0 Å². The molecule has 0 aliphatic heterocycles.